The first kappa shape index (κ1) is 16.1. The Bertz CT molecular complexity index is 713. The van der Waals surface area contributed by atoms with Gasteiger partial charge in [-0.3, -0.25) is 4.79 Å². The molecule has 1 amide bonds. The third kappa shape index (κ3) is 3.87. The number of nitrogens with one attached hydrogen (secondary N) is 2. The van der Waals surface area contributed by atoms with Crippen molar-refractivity contribution in [3.05, 3.63) is 52.3 Å². The van der Waals surface area contributed by atoms with Crippen LogP contribution in [0.3, 0.4) is 0 Å². The van der Waals surface area contributed by atoms with Crippen molar-refractivity contribution >= 4 is 39.0 Å². The molecule has 0 atom stereocenters. The van der Waals surface area contributed by atoms with Crippen LogP contribution in [0.1, 0.15) is 16.1 Å². The van der Waals surface area contributed by atoms with Gasteiger partial charge in [-0.2, -0.15) is 0 Å². The van der Waals surface area contributed by atoms with Crippen LogP contribution < -0.4 is 10.2 Å². The molecule has 2 aromatic rings. The second kappa shape index (κ2) is 7.11. The smallest absolute Gasteiger partial charge is 0.268 e. The number of benzene rings is 1. The summed E-state index contributed by atoms with van der Waals surface area (Å²) >= 11 is 3.27. The van der Waals surface area contributed by atoms with Crippen LogP contribution in [0.2, 0.25) is 0 Å². The molecule has 22 heavy (non-hydrogen) atoms. The summed E-state index contributed by atoms with van der Waals surface area (Å²) in [6.45, 7) is 0.125. The van der Waals surface area contributed by atoms with Gasteiger partial charge in [0.05, 0.1) is 12.1 Å². The zero-order chi connectivity index (χ0) is 16.1. The number of anilines is 1. The quantitative estimate of drug-likeness (QED) is 0.804. The Morgan fingerprint density at radius 3 is 2.50 bits per heavy atom. The Morgan fingerprint density at radius 2 is 2.00 bits per heavy atom. The van der Waals surface area contributed by atoms with Gasteiger partial charge in [0.15, 0.2) is 0 Å². The first-order chi connectivity index (χ1) is 10.5. The molecular formula is C16H16BrN3O2. The van der Waals surface area contributed by atoms with Crippen LogP contribution in [0.15, 0.2) is 41.0 Å². The number of H-pyrrole nitrogens is 1. The second-order valence-corrected chi connectivity index (χ2v) is 5.85. The summed E-state index contributed by atoms with van der Waals surface area (Å²) in [5.41, 5.74) is 2.62. The average Bonchev–Trinajstić information content (AvgIpc) is 2.95. The number of carbonyl (C=O) groups is 1. The zero-order valence-corrected chi connectivity index (χ0v) is 13.9. The third-order valence-electron chi connectivity index (χ3n) is 3.17. The molecule has 0 radical (unpaired) electrons. The van der Waals surface area contributed by atoms with E-state index in [2.05, 4.69) is 26.2 Å². The van der Waals surface area contributed by atoms with Crippen molar-refractivity contribution < 1.29 is 9.59 Å². The van der Waals surface area contributed by atoms with E-state index in [1.165, 1.54) is 0 Å². The van der Waals surface area contributed by atoms with Gasteiger partial charge in [-0.25, -0.2) is 4.79 Å². The SMILES string of the molecule is CN(C)c1ccc(C(=C=O)CNC(=O)c2cc(Br)c[nH]2)cc1. The topological polar surface area (TPSA) is 65.2 Å². The van der Waals surface area contributed by atoms with E-state index in [0.29, 0.717) is 11.3 Å². The van der Waals surface area contributed by atoms with Crippen LogP contribution in [0.25, 0.3) is 5.57 Å². The van der Waals surface area contributed by atoms with Crippen molar-refractivity contribution in [2.75, 3.05) is 25.5 Å². The van der Waals surface area contributed by atoms with Gasteiger partial charge >= 0.3 is 0 Å². The summed E-state index contributed by atoms with van der Waals surface area (Å²) in [4.78, 5) is 27.9. The zero-order valence-electron chi connectivity index (χ0n) is 12.3. The summed E-state index contributed by atoms with van der Waals surface area (Å²) in [7, 11) is 3.89. The van der Waals surface area contributed by atoms with Gasteiger partial charge < -0.3 is 15.2 Å². The van der Waals surface area contributed by atoms with Crippen LogP contribution in [-0.4, -0.2) is 37.5 Å². The molecule has 2 rings (SSSR count). The molecule has 0 unspecified atom stereocenters. The number of hydrogen-bond acceptors (Lipinski definition) is 3. The minimum Gasteiger partial charge on any atom is -0.378 e. The van der Waals surface area contributed by atoms with E-state index >= 15 is 0 Å². The minimum atomic E-state index is -0.275. The number of amides is 1. The summed E-state index contributed by atoms with van der Waals surface area (Å²) in [5, 5.41) is 2.70. The van der Waals surface area contributed by atoms with Gasteiger partial charge in [-0.15, -0.1) is 0 Å². The lowest BCUT2D eigenvalue weighted by Crippen LogP contribution is -2.25. The highest BCUT2D eigenvalue weighted by Crippen LogP contribution is 2.17. The molecule has 0 aliphatic heterocycles. The standard InChI is InChI=1S/C16H16BrN3O2/c1-20(2)14-5-3-11(4-6-14)12(10-21)8-19-16(22)15-7-13(17)9-18-15/h3-7,9,18H,8H2,1-2H3,(H,19,22). The van der Waals surface area contributed by atoms with Gasteiger partial charge in [0, 0.05) is 30.5 Å². The number of hydrogen-bond donors (Lipinski definition) is 2. The van der Waals surface area contributed by atoms with E-state index in [0.717, 1.165) is 15.7 Å². The maximum absolute atomic E-state index is 11.9. The fourth-order valence-corrected chi connectivity index (χ4v) is 2.26. The lowest BCUT2D eigenvalue weighted by molar-refractivity contribution is 0.0954. The molecule has 0 aliphatic carbocycles. The number of halogens is 1. The fraction of sp³-hybridized carbons (Fsp3) is 0.188. The molecule has 114 valence electrons. The summed E-state index contributed by atoms with van der Waals surface area (Å²) in [6, 6.07) is 9.18. The molecule has 2 N–H and O–H groups in total. The first-order valence-electron chi connectivity index (χ1n) is 6.65. The molecule has 0 saturated heterocycles. The predicted molar refractivity (Wildman–Crippen MR) is 90.7 cm³/mol. The maximum atomic E-state index is 11.9. The molecule has 0 saturated carbocycles. The summed E-state index contributed by atoms with van der Waals surface area (Å²) in [6.07, 6.45) is 1.67. The predicted octanol–water partition coefficient (Wildman–Crippen LogP) is 2.49. The van der Waals surface area contributed by atoms with Crippen LogP contribution in [-0.2, 0) is 4.79 Å². The van der Waals surface area contributed by atoms with E-state index < -0.39 is 0 Å². The van der Waals surface area contributed by atoms with E-state index in [1.54, 1.807) is 12.3 Å². The number of nitrogens with zero attached hydrogens (tertiary/aromatic N) is 1. The molecule has 1 aromatic carbocycles. The van der Waals surface area contributed by atoms with E-state index in [1.807, 2.05) is 49.2 Å². The van der Waals surface area contributed by atoms with Crippen LogP contribution in [0.4, 0.5) is 5.69 Å². The maximum Gasteiger partial charge on any atom is 0.268 e. The summed E-state index contributed by atoms with van der Waals surface area (Å²) in [5.74, 6) is 1.62. The van der Waals surface area contributed by atoms with E-state index in [4.69, 9.17) is 0 Å². The molecule has 0 aliphatic rings. The lowest BCUT2D eigenvalue weighted by atomic mass is 10.1. The van der Waals surface area contributed by atoms with Gasteiger partial charge in [0.2, 0.25) is 0 Å². The molecule has 1 aromatic heterocycles. The lowest BCUT2D eigenvalue weighted by Gasteiger charge is -2.13. The van der Waals surface area contributed by atoms with Crippen molar-refractivity contribution in [2.24, 2.45) is 0 Å². The van der Waals surface area contributed by atoms with Crippen molar-refractivity contribution in [1.29, 1.82) is 0 Å². The molecule has 6 heteroatoms. The van der Waals surface area contributed by atoms with Crippen LogP contribution in [0, 0.1) is 0 Å². The molecule has 0 fully saturated rings. The Morgan fingerprint density at radius 1 is 1.32 bits per heavy atom. The largest absolute Gasteiger partial charge is 0.378 e. The monoisotopic (exact) mass is 361 g/mol. The highest BCUT2D eigenvalue weighted by Gasteiger charge is 2.10. The second-order valence-electron chi connectivity index (χ2n) is 4.94. The van der Waals surface area contributed by atoms with Crippen LogP contribution >= 0.6 is 15.9 Å². The van der Waals surface area contributed by atoms with Gasteiger partial charge in [-0.1, -0.05) is 12.1 Å². The third-order valence-corrected chi connectivity index (χ3v) is 3.63. The Labute approximate surface area is 137 Å². The number of carbonyl (C=O) groups excluding carboxylic acids is 2. The minimum absolute atomic E-state index is 0.125. The van der Waals surface area contributed by atoms with Gasteiger partial charge in [-0.05, 0) is 39.7 Å². The fourth-order valence-electron chi connectivity index (χ4n) is 1.92. The number of aromatic nitrogens is 1. The highest BCUT2D eigenvalue weighted by molar-refractivity contribution is 9.10. The summed E-state index contributed by atoms with van der Waals surface area (Å²) < 4.78 is 0.795. The molecule has 5 nitrogen and oxygen atoms in total. The first-order valence-corrected chi connectivity index (χ1v) is 7.44. The molecule has 0 bridgehead atoms. The Balaban J connectivity index is 2.04. The molecule has 0 spiro atoms. The van der Waals surface area contributed by atoms with Crippen molar-refractivity contribution in [2.45, 2.75) is 0 Å². The van der Waals surface area contributed by atoms with Crippen LogP contribution in [0.5, 0.6) is 0 Å². The molecular weight excluding hydrogens is 346 g/mol. The Hall–Kier alpha value is -2.30. The average molecular weight is 362 g/mol. The normalized spacial score (nSPS) is 9.95. The highest BCUT2D eigenvalue weighted by atomic mass is 79.9. The molecule has 1 heterocycles. The van der Waals surface area contributed by atoms with E-state index in [9.17, 15) is 9.59 Å². The Kier molecular flexibility index (Phi) is 5.20. The number of rotatable bonds is 5. The van der Waals surface area contributed by atoms with Crippen molar-refractivity contribution in [1.82, 2.24) is 10.3 Å². The van der Waals surface area contributed by atoms with E-state index in [-0.39, 0.29) is 12.5 Å². The van der Waals surface area contributed by atoms with Crippen molar-refractivity contribution in [3.8, 4) is 0 Å². The van der Waals surface area contributed by atoms with Crippen molar-refractivity contribution in [3.63, 3.8) is 0 Å². The van der Waals surface area contributed by atoms with Gasteiger partial charge in [0.25, 0.3) is 5.91 Å². The number of aromatic amines is 1. The van der Waals surface area contributed by atoms with Gasteiger partial charge in [0.1, 0.15) is 11.6 Å².